The molecule has 0 aliphatic rings. The molecule has 0 amide bonds. The van der Waals surface area contributed by atoms with E-state index in [1.165, 1.54) is 11.8 Å². The fourth-order valence-electron chi connectivity index (χ4n) is 1.38. The highest BCUT2D eigenvalue weighted by Crippen LogP contribution is 2.22. The number of hydrogen-bond acceptors (Lipinski definition) is 5. The van der Waals surface area contributed by atoms with E-state index in [-0.39, 0.29) is 0 Å². The van der Waals surface area contributed by atoms with Gasteiger partial charge in [-0.1, -0.05) is 11.8 Å². The van der Waals surface area contributed by atoms with E-state index >= 15 is 0 Å². The number of ether oxygens (including phenoxy) is 1. The Bertz CT molecular complexity index is 590. The number of nitriles is 1. The lowest BCUT2D eigenvalue weighted by atomic mass is 10.2. The van der Waals surface area contributed by atoms with Gasteiger partial charge in [0, 0.05) is 11.8 Å². The number of aromatic nitrogens is 2. The van der Waals surface area contributed by atoms with E-state index in [1.807, 2.05) is 13.2 Å². The van der Waals surface area contributed by atoms with Gasteiger partial charge in [-0.3, -0.25) is 0 Å². The lowest BCUT2D eigenvalue weighted by Gasteiger charge is -2.06. The van der Waals surface area contributed by atoms with Crippen LogP contribution in [0.2, 0.25) is 0 Å². The quantitative estimate of drug-likeness (QED) is 0.624. The van der Waals surface area contributed by atoms with Crippen molar-refractivity contribution in [1.82, 2.24) is 9.97 Å². The van der Waals surface area contributed by atoms with Crippen LogP contribution in [0.25, 0.3) is 0 Å². The number of rotatable bonds is 3. The normalized spacial score (nSPS) is 9.83. The van der Waals surface area contributed by atoms with Crippen LogP contribution in [0, 0.1) is 18.3 Å². The molecule has 0 fully saturated rings. The van der Waals surface area contributed by atoms with Crippen LogP contribution in [0.15, 0.2) is 35.5 Å². The third kappa shape index (κ3) is 2.99. The first kappa shape index (κ1) is 12.4. The van der Waals surface area contributed by atoms with E-state index in [0.717, 1.165) is 5.69 Å². The summed E-state index contributed by atoms with van der Waals surface area (Å²) in [5.41, 5.74) is 1.46. The van der Waals surface area contributed by atoms with Crippen LogP contribution in [0.4, 0.5) is 0 Å². The highest BCUT2D eigenvalue weighted by Gasteiger charge is 2.03. The molecule has 2 rings (SSSR count). The van der Waals surface area contributed by atoms with E-state index in [4.69, 9.17) is 10.00 Å². The van der Waals surface area contributed by atoms with Gasteiger partial charge in [-0.2, -0.15) is 10.2 Å². The van der Waals surface area contributed by atoms with Crippen molar-refractivity contribution in [2.45, 2.75) is 12.1 Å². The molecule has 1 heterocycles. The lowest BCUT2D eigenvalue weighted by molar-refractivity contribution is 0.454. The molecule has 0 saturated heterocycles. The topological polar surface area (TPSA) is 58.8 Å². The van der Waals surface area contributed by atoms with Gasteiger partial charge in [0.15, 0.2) is 5.16 Å². The Morgan fingerprint density at radius 3 is 2.56 bits per heavy atom. The molecule has 0 N–H and O–H groups in total. The Labute approximate surface area is 110 Å². The Kier molecular flexibility index (Phi) is 3.80. The van der Waals surface area contributed by atoms with Crippen molar-refractivity contribution in [1.29, 1.82) is 5.26 Å². The molecule has 0 radical (unpaired) electrons. The fraction of sp³-hybridized carbons (Fsp3) is 0.154. The first-order valence-corrected chi connectivity index (χ1v) is 6.51. The van der Waals surface area contributed by atoms with Gasteiger partial charge >= 0.3 is 0 Å². The van der Waals surface area contributed by atoms with Gasteiger partial charge in [-0.05, 0) is 37.4 Å². The van der Waals surface area contributed by atoms with Crippen LogP contribution in [0.3, 0.4) is 0 Å². The maximum Gasteiger partial charge on any atom is 0.223 e. The molecule has 0 aliphatic heterocycles. The molecule has 0 saturated carbocycles. The Morgan fingerprint density at radius 2 is 1.94 bits per heavy atom. The summed E-state index contributed by atoms with van der Waals surface area (Å²) in [6, 6.07) is 10.7. The molecule has 18 heavy (non-hydrogen) atoms. The molecular formula is C13H11N3OS. The third-order valence-corrected chi connectivity index (χ3v) is 2.75. The molecule has 1 aromatic carbocycles. The predicted molar refractivity (Wildman–Crippen MR) is 69.8 cm³/mol. The summed E-state index contributed by atoms with van der Waals surface area (Å²) >= 11 is 1.47. The minimum atomic E-state index is 0.511. The van der Waals surface area contributed by atoms with E-state index in [2.05, 4.69) is 16.0 Å². The van der Waals surface area contributed by atoms with Gasteiger partial charge < -0.3 is 4.74 Å². The van der Waals surface area contributed by atoms with Crippen molar-refractivity contribution < 1.29 is 4.74 Å². The van der Waals surface area contributed by atoms with Crippen molar-refractivity contribution in [3.63, 3.8) is 0 Å². The molecule has 0 aliphatic carbocycles. The number of hydrogen-bond donors (Lipinski definition) is 0. The monoisotopic (exact) mass is 257 g/mol. The largest absolute Gasteiger partial charge is 0.439 e. The maximum atomic E-state index is 8.71. The molecule has 0 spiro atoms. The molecule has 0 unspecified atom stereocenters. The predicted octanol–water partition coefficient (Wildman–Crippen LogP) is 3.17. The van der Waals surface area contributed by atoms with E-state index in [1.54, 1.807) is 30.3 Å². The van der Waals surface area contributed by atoms with Gasteiger partial charge in [0.2, 0.25) is 5.88 Å². The van der Waals surface area contributed by atoms with Crippen molar-refractivity contribution >= 4 is 11.8 Å². The van der Waals surface area contributed by atoms with Crippen LogP contribution in [-0.2, 0) is 0 Å². The van der Waals surface area contributed by atoms with Crippen molar-refractivity contribution in [2.24, 2.45) is 0 Å². The molecule has 4 nitrogen and oxygen atoms in total. The van der Waals surface area contributed by atoms with Crippen LogP contribution >= 0.6 is 11.8 Å². The van der Waals surface area contributed by atoms with Crippen LogP contribution < -0.4 is 4.74 Å². The molecule has 0 atom stereocenters. The number of aryl methyl sites for hydroxylation is 1. The molecule has 5 heteroatoms. The smallest absolute Gasteiger partial charge is 0.223 e. The Balaban J connectivity index is 2.22. The molecule has 0 bridgehead atoms. The van der Waals surface area contributed by atoms with Crippen LogP contribution in [0.1, 0.15) is 11.3 Å². The molecule has 1 aromatic heterocycles. The minimum Gasteiger partial charge on any atom is -0.439 e. The Hall–Kier alpha value is -2.06. The van der Waals surface area contributed by atoms with Crippen LogP contribution in [-0.4, -0.2) is 16.2 Å². The number of benzene rings is 1. The first-order valence-electron chi connectivity index (χ1n) is 5.29. The van der Waals surface area contributed by atoms with Gasteiger partial charge in [0.05, 0.1) is 11.6 Å². The van der Waals surface area contributed by atoms with Gasteiger partial charge in [0.25, 0.3) is 0 Å². The zero-order valence-electron chi connectivity index (χ0n) is 10.0. The summed E-state index contributed by atoms with van der Waals surface area (Å²) in [6.07, 6.45) is 1.92. The lowest BCUT2D eigenvalue weighted by Crippen LogP contribution is -1.94. The number of nitrogens with zero attached hydrogens (tertiary/aromatic N) is 3. The summed E-state index contributed by atoms with van der Waals surface area (Å²) in [4.78, 5) is 8.50. The third-order valence-electron chi connectivity index (χ3n) is 2.20. The van der Waals surface area contributed by atoms with Crippen molar-refractivity contribution in [3.05, 3.63) is 41.6 Å². The molecular weight excluding hydrogens is 246 g/mol. The second-order valence-electron chi connectivity index (χ2n) is 3.57. The molecule has 90 valence electrons. The summed E-state index contributed by atoms with van der Waals surface area (Å²) in [7, 11) is 0. The summed E-state index contributed by atoms with van der Waals surface area (Å²) in [5, 5.41) is 9.39. The zero-order valence-corrected chi connectivity index (χ0v) is 10.9. The first-order chi connectivity index (χ1) is 8.71. The standard InChI is InChI=1S/C13H11N3OS/c1-9-7-12(16-13(15-9)18-2)17-11-5-3-10(8-14)4-6-11/h3-7H,1-2H3. The second-order valence-corrected chi connectivity index (χ2v) is 4.35. The van der Waals surface area contributed by atoms with E-state index in [0.29, 0.717) is 22.3 Å². The highest BCUT2D eigenvalue weighted by molar-refractivity contribution is 7.98. The van der Waals surface area contributed by atoms with E-state index in [9.17, 15) is 0 Å². The number of thioether (sulfide) groups is 1. The average molecular weight is 257 g/mol. The van der Waals surface area contributed by atoms with Gasteiger partial charge in [-0.25, -0.2) is 4.98 Å². The van der Waals surface area contributed by atoms with E-state index < -0.39 is 0 Å². The Morgan fingerprint density at radius 1 is 1.22 bits per heavy atom. The SMILES string of the molecule is CSc1nc(C)cc(Oc2ccc(C#N)cc2)n1. The van der Waals surface area contributed by atoms with Gasteiger partial charge in [-0.15, -0.1) is 0 Å². The average Bonchev–Trinajstić information content (AvgIpc) is 2.39. The van der Waals surface area contributed by atoms with Crippen molar-refractivity contribution in [3.8, 4) is 17.7 Å². The minimum absolute atomic E-state index is 0.511. The molecule has 2 aromatic rings. The van der Waals surface area contributed by atoms with Crippen molar-refractivity contribution in [2.75, 3.05) is 6.26 Å². The zero-order chi connectivity index (χ0) is 13.0. The summed E-state index contributed by atoms with van der Waals surface area (Å²) in [6.45, 7) is 1.90. The van der Waals surface area contributed by atoms with Gasteiger partial charge in [0.1, 0.15) is 5.75 Å². The second kappa shape index (κ2) is 5.52. The summed E-state index contributed by atoms with van der Waals surface area (Å²) < 4.78 is 5.63. The van der Waals surface area contributed by atoms with Crippen LogP contribution in [0.5, 0.6) is 11.6 Å². The highest BCUT2D eigenvalue weighted by atomic mass is 32.2. The summed E-state index contributed by atoms with van der Waals surface area (Å²) in [5.74, 6) is 1.16. The maximum absolute atomic E-state index is 8.71. The fourth-order valence-corrected chi connectivity index (χ4v) is 1.79.